The van der Waals surface area contributed by atoms with Gasteiger partial charge in [0.05, 0.1) is 0 Å². The van der Waals surface area contributed by atoms with Gasteiger partial charge in [0.1, 0.15) is 5.75 Å². The van der Waals surface area contributed by atoms with Crippen LogP contribution in [0.5, 0.6) is 5.75 Å². The van der Waals surface area contributed by atoms with E-state index < -0.39 is 11.7 Å². The standard InChI is InChI=1S/C9H13NO5/c1-10-9(14,15)8(12,13)6-3-2-4-7(11)5-6/h2-5,10-15H,1H3. The van der Waals surface area contributed by atoms with Gasteiger partial charge in [-0.15, -0.1) is 0 Å². The van der Waals surface area contributed by atoms with Gasteiger partial charge < -0.3 is 25.5 Å². The summed E-state index contributed by atoms with van der Waals surface area (Å²) in [6.07, 6.45) is 0. The molecule has 0 bridgehead atoms. The first-order valence-electron chi connectivity index (χ1n) is 4.19. The van der Waals surface area contributed by atoms with E-state index >= 15 is 0 Å². The van der Waals surface area contributed by atoms with E-state index in [1.807, 2.05) is 5.32 Å². The topological polar surface area (TPSA) is 113 Å². The summed E-state index contributed by atoms with van der Waals surface area (Å²) in [6.45, 7) is 0. The number of hydrogen-bond acceptors (Lipinski definition) is 6. The Balaban J connectivity index is 3.16. The number of hydrogen-bond donors (Lipinski definition) is 6. The number of nitrogens with one attached hydrogen (secondary N) is 1. The van der Waals surface area contributed by atoms with Crippen molar-refractivity contribution in [2.24, 2.45) is 0 Å². The molecule has 0 radical (unpaired) electrons. The Bertz CT molecular complexity index is 350. The van der Waals surface area contributed by atoms with Gasteiger partial charge >= 0.3 is 0 Å². The Hall–Kier alpha value is -1.18. The highest BCUT2D eigenvalue weighted by Crippen LogP contribution is 2.28. The minimum atomic E-state index is -2.93. The maximum absolute atomic E-state index is 9.52. The number of likely N-dealkylation sites (N-methyl/N-ethyl adjacent to an activating group) is 1. The lowest BCUT2D eigenvalue weighted by Gasteiger charge is -2.34. The zero-order valence-electron chi connectivity index (χ0n) is 8.05. The van der Waals surface area contributed by atoms with E-state index in [1.54, 1.807) is 0 Å². The second-order valence-electron chi connectivity index (χ2n) is 3.14. The van der Waals surface area contributed by atoms with Crippen molar-refractivity contribution in [3.05, 3.63) is 29.8 Å². The first-order chi connectivity index (χ1) is 6.81. The van der Waals surface area contributed by atoms with Crippen LogP contribution < -0.4 is 5.32 Å². The summed E-state index contributed by atoms with van der Waals surface area (Å²) in [5, 5.41) is 48.6. The first kappa shape index (κ1) is 11.9. The molecule has 1 aromatic rings. The summed E-state index contributed by atoms with van der Waals surface area (Å²) in [5.74, 6) is -6.06. The molecule has 0 heterocycles. The molecule has 6 N–H and O–H groups in total. The van der Waals surface area contributed by atoms with Gasteiger partial charge in [0.15, 0.2) is 0 Å². The van der Waals surface area contributed by atoms with Crippen LogP contribution in [0, 0.1) is 0 Å². The Morgan fingerprint density at radius 2 is 1.73 bits per heavy atom. The van der Waals surface area contributed by atoms with Gasteiger partial charge in [-0.25, -0.2) is 0 Å². The van der Waals surface area contributed by atoms with Crippen LogP contribution in [0.15, 0.2) is 24.3 Å². The quantitative estimate of drug-likeness (QED) is 0.338. The van der Waals surface area contributed by atoms with Gasteiger partial charge in [-0.05, 0) is 19.2 Å². The summed E-state index contributed by atoms with van der Waals surface area (Å²) < 4.78 is 0. The molecule has 0 fully saturated rings. The van der Waals surface area contributed by atoms with Crippen LogP contribution in [0.3, 0.4) is 0 Å². The summed E-state index contributed by atoms with van der Waals surface area (Å²) in [5.41, 5.74) is -0.248. The molecule has 6 nitrogen and oxygen atoms in total. The molecular weight excluding hydrogens is 202 g/mol. The molecule has 0 saturated carbocycles. The van der Waals surface area contributed by atoms with Crippen molar-refractivity contribution >= 4 is 0 Å². The predicted molar refractivity (Wildman–Crippen MR) is 50.5 cm³/mol. The smallest absolute Gasteiger partial charge is 0.283 e. The highest BCUT2D eigenvalue weighted by atomic mass is 16.6. The second kappa shape index (κ2) is 3.76. The molecule has 0 aliphatic heterocycles. The van der Waals surface area contributed by atoms with Crippen LogP contribution in [0.4, 0.5) is 0 Å². The zero-order chi connectivity index (χ0) is 11.7. The average Bonchev–Trinajstić information content (AvgIpc) is 2.17. The lowest BCUT2D eigenvalue weighted by molar-refractivity contribution is -0.377. The maximum Gasteiger partial charge on any atom is 0.283 e. The third-order valence-electron chi connectivity index (χ3n) is 2.08. The molecule has 0 amide bonds. The van der Waals surface area contributed by atoms with Crippen LogP contribution >= 0.6 is 0 Å². The maximum atomic E-state index is 9.52. The van der Waals surface area contributed by atoms with E-state index in [9.17, 15) is 20.4 Å². The van der Waals surface area contributed by atoms with Crippen LogP contribution in [0.2, 0.25) is 0 Å². The predicted octanol–water partition coefficient (Wildman–Crippen LogP) is -1.61. The Labute approximate surface area is 86.0 Å². The van der Waals surface area contributed by atoms with Gasteiger partial charge in [0.2, 0.25) is 0 Å². The number of phenols is 1. The number of rotatable bonds is 3. The van der Waals surface area contributed by atoms with Crippen molar-refractivity contribution in [3.8, 4) is 5.75 Å². The summed E-state index contributed by atoms with van der Waals surface area (Å²) in [4.78, 5) is 0. The Morgan fingerprint density at radius 3 is 2.20 bits per heavy atom. The van der Waals surface area contributed by atoms with Gasteiger partial charge in [0.25, 0.3) is 11.7 Å². The largest absolute Gasteiger partial charge is 0.508 e. The van der Waals surface area contributed by atoms with E-state index in [4.69, 9.17) is 5.11 Å². The van der Waals surface area contributed by atoms with Crippen LogP contribution in [-0.2, 0) is 5.79 Å². The minimum Gasteiger partial charge on any atom is -0.508 e. The molecule has 0 unspecified atom stereocenters. The lowest BCUT2D eigenvalue weighted by atomic mass is 10.0. The average molecular weight is 215 g/mol. The van der Waals surface area contributed by atoms with E-state index in [0.717, 1.165) is 13.1 Å². The molecular formula is C9H13NO5. The fraction of sp³-hybridized carbons (Fsp3) is 0.333. The molecule has 0 saturated heterocycles. The van der Waals surface area contributed by atoms with Gasteiger partial charge in [-0.3, -0.25) is 5.32 Å². The van der Waals surface area contributed by atoms with E-state index in [0.29, 0.717) is 0 Å². The van der Waals surface area contributed by atoms with Crippen molar-refractivity contribution in [3.63, 3.8) is 0 Å². The third-order valence-corrected chi connectivity index (χ3v) is 2.08. The number of aromatic hydroxyl groups is 1. The molecule has 0 aliphatic carbocycles. The molecule has 1 aromatic carbocycles. The Kier molecular flexibility index (Phi) is 2.98. The van der Waals surface area contributed by atoms with E-state index in [-0.39, 0.29) is 11.3 Å². The van der Waals surface area contributed by atoms with E-state index in [1.165, 1.54) is 18.2 Å². The number of phenolic OH excluding ortho intramolecular Hbond substituents is 1. The zero-order valence-corrected chi connectivity index (χ0v) is 8.05. The number of benzene rings is 1. The van der Waals surface area contributed by atoms with Crippen molar-refractivity contribution in [2.45, 2.75) is 11.7 Å². The minimum absolute atomic E-state index is 0.216. The van der Waals surface area contributed by atoms with Crippen molar-refractivity contribution in [1.29, 1.82) is 0 Å². The Morgan fingerprint density at radius 1 is 1.13 bits per heavy atom. The highest BCUT2D eigenvalue weighted by molar-refractivity contribution is 5.30. The lowest BCUT2D eigenvalue weighted by Crippen LogP contribution is -2.60. The van der Waals surface area contributed by atoms with Crippen LogP contribution in [0.1, 0.15) is 5.56 Å². The van der Waals surface area contributed by atoms with E-state index in [2.05, 4.69) is 0 Å². The van der Waals surface area contributed by atoms with Gasteiger partial charge in [0, 0.05) is 5.56 Å². The molecule has 0 atom stereocenters. The van der Waals surface area contributed by atoms with Crippen molar-refractivity contribution in [2.75, 3.05) is 7.05 Å². The van der Waals surface area contributed by atoms with Crippen molar-refractivity contribution < 1.29 is 25.5 Å². The third kappa shape index (κ3) is 2.09. The van der Waals surface area contributed by atoms with Crippen LogP contribution in [-0.4, -0.2) is 38.5 Å². The molecule has 15 heavy (non-hydrogen) atoms. The second-order valence-corrected chi connectivity index (χ2v) is 3.14. The highest BCUT2D eigenvalue weighted by Gasteiger charge is 2.48. The fourth-order valence-electron chi connectivity index (χ4n) is 1.10. The molecule has 6 heteroatoms. The SMILES string of the molecule is CNC(O)(O)C(O)(O)c1cccc(O)c1. The molecule has 1 rings (SSSR count). The first-order valence-corrected chi connectivity index (χ1v) is 4.19. The van der Waals surface area contributed by atoms with Crippen LogP contribution in [0.25, 0.3) is 0 Å². The molecule has 0 aliphatic rings. The normalized spacial score (nSPS) is 12.9. The fourth-order valence-corrected chi connectivity index (χ4v) is 1.10. The van der Waals surface area contributed by atoms with Crippen molar-refractivity contribution in [1.82, 2.24) is 5.32 Å². The van der Waals surface area contributed by atoms with Gasteiger partial charge in [-0.1, -0.05) is 12.1 Å². The molecule has 0 aromatic heterocycles. The summed E-state index contributed by atoms with van der Waals surface area (Å²) in [6, 6.07) is 4.91. The summed E-state index contributed by atoms with van der Waals surface area (Å²) in [7, 11) is 1.14. The molecule has 0 spiro atoms. The molecule has 84 valence electrons. The monoisotopic (exact) mass is 215 g/mol. The van der Waals surface area contributed by atoms with Gasteiger partial charge in [-0.2, -0.15) is 0 Å². The number of aliphatic hydroxyl groups is 4. The summed E-state index contributed by atoms with van der Waals surface area (Å²) >= 11 is 0.